The molecule has 0 bridgehead atoms. The molecule has 1 spiro atoms. The van der Waals surface area contributed by atoms with Crippen LogP contribution in [0.1, 0.15) is 24.0 Å². The van der Waals surface area contributed by atoms with Crippen LogP contribution in [0.3, 0.4) is 0 Å². The molecule has 1 aliphatic heterocycles. The lowest BCUT2D eigenvalue weighted by Crippen LogP contribution is -2.37. The lowest BCUT2D eigenvalue weighted by molar-refractivity contribution is 0.269. The van der Waals surface area contributed by atoms with Crippen LogP contribution in [0.25, 0.3) is 6.08 Å². The molecule has 3 rings (SSSR count). The van der Waals surface area contributed by atoms with Crippen molar-refractivity contribution in [2.75, 3.05) is 13.1 Å². The summed E-state index contributed by atoms with van der Waals surface area (Å²) in [7, 11) is 0. The summed E-state index contributed by atoms with van der Waals surface area (Å²) in [6.45, 7) is 2.35. The van der Waals surface area contributed by atoms with E-state index in [1.807, 2.05) is 0 Å². The van der Waals surface area contributed by atoms with Gasteiger partial charge in [-0.25, -0.2) is 0 Å². The Morgan fingerprint density at radius 2 is 1.87 bits per heavy atom. The number of hydrogen-bond acceptors (Lipinski definition) is 1. The van der Waals surface area contributed by atoms with Crippen molar-refractivity contribution in [1.29, 1.82) is 0 Å². The summed E-state index contributed by atoms with van der Waals surface area (Å²) in [5.41, 5.74) is 3.41. The third-order valence-electron chi connectivity index (χ3n) is 3.81. The molecular weight excluding hydrogens is 182 g/mol. The van der Waals surface area contributed by atoms with E-state index in [1.54, 1.807) is 0 Å². The third-order valence-corrected chi connectivity index (χ3v) is 3.81. The molecule has 1 heterocycles. The minimum absolute atomic E-state index is 0.458. The maximum atomic E-state index is 3.45. The van der Waals surface area contributed by atoms with Crippen molar-refractivity contribution in [1.82, 2.24) is 5.32 Å². The number of rotatable bonds is 0. The summed E-state index contributed by atoms with van der Waals surface area (Å²) in [5, 5.41) is 3.45. The molecule has 0 saturated carbocycles. The number of piperidine rings is 1. The van der Waals surface area contributed by atoms with E-state index in [4.69, 9.17) is 0 Å². The molecule has 0 atom stereocenters. The molecule has 1 fully saturated rings. The first kappa shape index (κ1) is 9.17. The SMILES string of the molecule is C1=CC2(CCNCC2)Cc2ccccc21. The lowest BCUT2D eigenvalue weighted by atomic mass is 9.70. The molecule has 1 aliphatic carbocycles. The van der Waals surface area contributed by atoms with Crippen molar-refractivity contribution in [2.45, 2.75) is 19.3 Å². The molecule has 2 aliphatic rings. The van der Waals surface area contributed by atoms with Crippen molar-refractivity contribution in [3.63, 3.8) is 0 Å². The molecule has 78 valence electrons. The van der Waals surface area contributed by atoms with Crippen LogP contribution >= 0.6 is 0 Å². The molecule has 15 heavy (non-hydrogen) atoms. The van der Waals surface area contributed by atoms with Crippen molar-refractivity contribution < 1.29 is 0 Å². The molecule has 0 unspecified atom stereocenters. The van der Waals surface area contributed by atoms with Crippen LogP contribution < -0.4 is 5.32 Å². The van der Waals surface area contributed by atoms with Crippen LogP contribution in [0.2, 0.25) is 0 Å². The minimum atomic E-state index is 0.458. The zero-order chi connectivity index (χ0) is 10.1. The van der Waals surface area contributed by atoms with Gasteiger partial charge in [0.05, 0.1) is 0 Å². The Bertz CT molecular complexity index is 386. The zero-order valence-electron chi connectivity index (χ0n) is 9.00. The van der Waals surface area contributed by atoms with Gasteiger partial charge in [0, 0.05) is 0 Å². The number of benzene rings is 1. The Balaban J connectivity index is 1.94. The van der Waals surface area contributed by atoms with Crippen molar-refractivity contribution in [3.8, 4) is 0 Å². The van der Waals surface area contributed by atoms with Gasteiger partial charge in [-0.15, -0.1) is 0 Å². The molecule has 1 saturated heterocycles. The molecule has 1 heteroatoms. The average Bonchev–Trinajstić information content (AvgIpc) is 2.30. The normalized spacial score (nSPS) is 22.7. The van der Waals surface area contributed by atoms with Gasteiger partial charge in [-0.3, -0.25) is 0 Å². The van der Waals surface area contributed by atoms with Crippen LogP contribution in [-0.2, 0) is 6.42 Å². The van der Waals surface area contributed by atoms with Crippen molar-refractivity contribution in [2.24, 2.45) is 5.41 Å². The molecule has 1 N–H and O–H groups in total. The van der Waals surface area contributed by atoms with Gasteiger partial charge < -0.3 is 5.32 Å². The second-order valence-electron chi connectivity index (χ2n) is 4.82. The average molecular weight is 199 g/mol. The predicted octanol–water partition coefficient (Wildman–Crippen LogP) is 2.63. The minimum Gasteiger partial charge on any atom is -0.317 e. The molecule has 1 aromatic carbocycles. The third kappa shape index (κ3) is 1.61. The highest BCUT2D eigenvalue weighted by atomic mass is 14.9. The Labute approximate surface area is 91.2 Å². The second kappa shape index (κ2) is 3.49. The fourth-order valence-electron chi connectivity index (χ4n) is 2.83. The van der Waals surface area contributed by atoms with Crippen LogP contribution in [-0.4, -0.2) is 13.1 Å². The Morgan fingerprint density at radius 1 is 1.07 bits per heavy atom. The van der Waals surface area contributed by atoms with Gasteiger partial charge in [0.25, 0.3) is 0 Å². The van der Waals surface area contributed by atoms with Crippen LogP contribution in [0.5, 0.6) is 0 Å². The van der Waals surface area contributed by atoms with E-state index in [0.29, 0.717) is 5.41 Å². The first-order valence-electron chi connectivity index (χ1n) is 5.86. The van der Waals surface area contributed by atoms with E-state index in [2.05, 4.69) is 41.7 Å². The first-order valence-corrected chi connectivity index (χ1v) is 5.86. The van der Waals surface area contributed by atoms with Gasteiger partial charge in [-0.05, 0) is 48.9 Å². The Kier molecular flexibility index (Phi) is 2.14. The van der Waals surface area contributed by atoms with Gasteiger partial charge in [-0.1, -0.05) is 36.4 Å². The van der Waals surface area contributed by atoms with Crippen LogP contribution in [0.4, 0.5) is 0 Å². The highest BCUT2D eigenvalue weighted by molar-refractivity contribution is 5.57. The number of fused-ring (bicyclic) bond motifs is 1. The fraction of sp³-hybridized carbons (Fsp3) is 0.429. The second-order valence-corrected chi connectivity index (χ2v) is 4.82. The van der Waals surface area contributed by atoms with Crippen LogP contribution in [0, 0.1) is 5.41 Å². The molecule has 0 radical (unpaired) electrons. The van der Waals surface area contributed by atoms with E-state index in [9.17, 15) is 0 Å². The first-order chi connectivity index (χ1) is 7.38. The standard InChI is InChI=1S/C14H17N/c1-2-4-13-11-14(6-5-12(13)3-1)7-9-15-10-8-14/h1-6,15H,7-11H2. The van der Waals surface area contributed by atoms with Crippen molar-refractivity contribution in [3.05, 3.63) is 41.5 Å². The smallest absolute Gasteiger partial charge is 0.00405 e. The van der Waals surface area contributed by atoms with Crippen molar-refractivity contribution >= 4 is 6.08 Å². The quantitative estimate of drug-likeness (QED) is 0.677. The van der Waals surface area contributed by atoms with E-state index in [1.165, 1.54) is 43.5 Å². The van der Waals surface area contributed by atoms with E-state index in [0.717, 1.165) is 0 Å². The largest absolute Gasteiger partial charge is 0.317 e. The monoisotopic (exact) mass is 199 g/mol. The molecule has 1 nitrogen and oxygen atoms in total. The van der Waals surface area contributed by atoms with E-state index in [-0.39, 0.29) is 0 Å². The van der Waals surface area contributed by atoms with E-state index >= 15 is 0 Å². The summed E-state index contributed by atoms with van der Waals surface area (Å²) >= 11 is 0. The topological polar surface area (TPSA) is 12.0 Å². The Morgan fingerprint density at radius 3 is 2.73 bits per heavy atom. The lowest BCUT2D eigenvalue weighted by Gasteiger charge is -2.37. The summed E-state index contributed by atoms with van der Waals surface area (Å²) in [4.78, 5) is 0. The Hall–Kier alpha value is -1.08. The van der Waals surface area contributed by atoms with Gasteiger partial charge in [0.2, 0.25) is 0 Å². The number of hydrogen-bond donors (Lipinski definition) is 1. The fourth-order valence-corrected chi connectivity index (χ4v) is 2.83. The van der Waals surface area contributed by atoms with Gasteiger partial charge in [0.15, 0.2) is 0 Å². The maximum absolute atomic E-state index is 3.45. The molecule has 0 aromatic heterocycles. The van der Waals surface area contributed by atoms with E-state index < -0.39 is 0 Å². The number of nitrogens with one attached hydrogen (secondary N) is 1. The molecule has 1 aromatic rings. The summed E-state index contributed by atoms with van der Waals surface area (Å²) in [5.74, 6) is 0. The maximum Gasteiger partial charge on any atom is -0.00405 e. The highest BCUT2D eigenvalue weighted by Gasteiger charge is 2.31. The summed E-state index contributed by atoms with van der Waals surface area (Å²) < 4.78 is 0. The van der Waals surface area contributed by atoms with Gasteiger partial charge in [0.1, 0.15) is 0 Å². The zero-order valence-corrected chi connectivity index (χ0v) is 9.00. The van der Waals surface area contributed by atoms with Crippen LogP contribution in [0.15, 0.2) is 30.3 Å². The molecular formula is C14H17N. The van der Waals surface area contributed by atoms with Gasteiger partial charge in [-0.2, -0.15) is 0 Å². The molecule has 0 amide bonds. The highest BCUT2D eigenvalue weighted by Crippen LogP contribution is 2.39. The summed E-state index contributed by atoms with van der Waals surface area (Å²) in [6, 6.07) is 8.79. The predicted molar refractivity (Wildman–Crippen MR) is 63.7 cm³/mol. The summed E-state index contributed by atoms with van der Waals surface area (Å²) in [6.07, 6.45) is 8.59. The van der Waals surface area contributed by atoms with Gasteiger partial charge >= 0.3 is 0 Å². The number of allylic oxidation sites excluding steroid dienone is 1.